The van der Waals surface area contributed by atoms with Crippen molar-refractivity contribution in [2.75, 3.05) is 5.32 Å². The van der Waals surface area contributed by atoms with E-state index < -0.39 is 0 Å². The molecule has 0 fully saturated rings. The maximum Gasteiger partial charge on any atom is 0.0647 e. The van der Waals surface area contributed by atoms with E-state index in [0.717, 1.165) is 16.4 Å². The standard InChI is InChI=1S/C17H16ClN3/c1-13(14-3-5-15(18)6-4-14)20-16-7-9-17(10-8-16)21-12-2-11-19-21/h2-13,20H,1H3. The Morgan fingerprint density at radius 1 is 1.05 bits per heavy atom. The Kier molecular flexibility index (Phi) is 3.93. The average molecular weight is 298 g/mol. The number of aromatic nitrogens is 2. The van der Waals surface area contributed by atoms with Gasteiger partial charge in [0.15, 0.2) is 0 Å². The van der Waals surface area contributed by atoms with Gasteiger partial charge in [-0.3, -0.25) is 0 Å². The van der Waals surface area contributed by atoms with Gasteiger partial charge in [0.1, 0.15) is 0 Å². The van der Waals surface area contributed by atoms with Gasteiger partial charge in [0.25, 0.3) is 0 Å². The lowest BCUT2D eigenvalue weighted by Gasteiger charge is -2.16. The normalized spacial score (nSPS) is 12.1. The van der Waals surface area contributed by atoms with Gasteiger partial charge < -0.3 is 5.32 Å². The molecule has 1 heterocycles. The van der Waals surface area contributed by atoms with Crippen molar-refractivity contribution in [3.05, 3.63) is 77.6 Å². The Balaban J connectivity index is 1.71. The molecule has 0 saturated carbocycles. The first-order valence-electron chi connectivity index (χ1n) is 6.84. The number of anilines is 1. The number of nitrogens with one attached hydrogen (secondary N) is 1. The molecule has 0 saturated heterocycles. The monoisotopic (exact) mass is 297 g/mol. The van der Waals surface area contributed by atoms with Crippen LogP contribution in [0.1, 0.15) is 18.5 Å². The van der Waals surface area contributed by atoms with E-state index in [9.17, 15) is 0 Å². The van der Waals surface area contributed by atoms with Gasteiger partial charge in [-0.05, 0) is 55.0 Å². The van der Waals surface area contributed by atoms with Gasteiger partial charge in [-0.25, -0.2) is 4.68 Å². The molecule has 106 valence electrons. The minimum atomic E-state index is 0.220. The molecule has 1 N–H and O–H groups in total. The smallest absolute Gasteiger partial charge is 0.0647 e. The summed E-state index contributed by atoms with van der Waals surface area (Å²) in [6.07, 6.45) is 3.70. The Hall–Kier alpha value is -2.26. The summed E-state index contributed by atoms with van der Waals surface area (Å²) in [5, 5.41) is 8.45. The summed E-state index contributed by atoms with van der Waals surface area (Å²) in [7, 11) is 0. The fraction of sp³-hybridized carbons (Fsp3) is 0.118. The Labute approximate surface area is 129 Å². The molecule has 4 heteroatoms. The lowest BCUT2D eigenvalue weighted by molar-refractivity contribution is 0.874. The molecule has 0 amide bonds. The van der Waals surface area contributed by atoms with Crippen LogP contribution in [0.4, 0.5) is 5.69 Å². The van der Waals surface area contributed by atoms with E-state index >= 15 is 0 Å². The molecule has 0 aliphatic rings. The zero-order valence-electron chi connectivity index (χ0n) is 11.7. The molecule has 1 unspecified atom stereocenters. The predicted octanol–water partition coefficient (Wildman–Crippen LogP) is 4.70. The molecule has 3 rings (SSSR count). The van der Waals surface area contributed by atoms with Crippen molar-refractivity contribution < 1.29 is 0 Å². The topological polar surface area (TPSA) is 29.9 Å². The highest BCUT2D eigenvalue weighted by Gasteiger charge is 2.05. The van der Waals surface area contributed by atoms with Crippen molar-refractivity contribution in [1.82, 2.24) is 9.78 Å². The van der Waals surface area contributed by atoms with Crippen molar-refractivity contribution in [2.24, 2.45) is 0 Å². The lowest BCUT2D eigenvalue weighted by atomic mass is 10.1. The molecule has 0 radical (unpaired) electrons. The van der Waals surface area contributed by atoms with Crippen LogP contribution in [0.2, 0.25) is 5.02 Å². The van der Waals surface area contributed by atoms with Gasteiger partial charge in [-0.1, -0.05) is 23.7 Å². The number of hydrogen-bond donors (Lipinski definition) is 1. The maximum atomic E-state index is 5.91. The highest BCUT2D eigenvalue weighted by atomic mass is 35.5. The quantitative estimate of drug-likeness (QED) is 0.756. The summed E-state index contributed by atoms with van der Waals surface area (Å²) in [5.41, 5.74) is 3.33. The number of benzene rings is 2. The summed E-state index contributed by atoms with van der Waals surface area (Å²) in [6.45, 7) is 2.13. The SMILES string of the molecule is CC(Nc1ccc(-n2cccn2)cc1)c1ccc(Cl)cc1. The van der Waals surface area contributed by atoms with E-state index in [1.807, 2.05) is 53.3 Å². The summed E-state index contributed by atoms with van der Waals surface area (Å²) in [6, 6.07) is 18.2. The van der Waals surface area contributed by atoms with Crippen molar-refractivity contribution in [1.29, 1.82) is 0 Å². The van der Waals surface area contributed by atoms with Crippen LogP contribution in [0.25, 0.3) is 5.69 Å². The molecule has 0 aliphatic heterocycles. The third kappa shape index (κ3) is 3.26. The maximum absolute atomic E-state index is 5.91. The fourth-order valence-corrected chi connectivity index (χ4v) is 2.34. The Morgan fingerprint density at radius 3 is 2.38 bits per heavy atom. The minimum absolute atomic E-state index is 0.220. The van der Waals surface area contributed by atoms with Crippen LogP contribution in [0.15, 0.2) is 67.0 Å². The molecular formula is C17H16ClN3. The highest BCUT2D eigenvalue weighted by Crippen LogP contribution is 2.21. The average Bonchev–Trinajstić information content (AvgIpc) is 3.03. The van der Waals surface area contributed by atoms with Gasteiger partial charge in [0.05, 0.1) is 5.69 Å². The van der Waals surface area contributed by atoms with Crippen LogP contribution in [-0.2, 0) is 0 Å². The lowest BCUT2D eigenvalue weighted by Crippen LogP contribution is -2.06. The summed E-state index contributed by atoms with van der Waals surface area (Å²) in [5.74, 6) is 0. The minimum Gasteiger partial charge on any atom is -0.379 e. The van der Waals surface area contributed by atoms with Crippen LogP contribution < -0.4 is 5.32 Å². The van der Waals surface area contributed by atoms with Crippen molar-refractivity contribution in [2.45, 2.75) is 13.0 Å². The number of nitrogens with zero attached hydrogens (tertiary/aromatic N) is 2. The van der Waals surface area contributed by atoms with Crippen LogP contribution in [-0.4, -0.2) is 9.78 Å². The van der Waals surface area contributed by atoms with Gasteiger partial charge in [0.2, 0.25) is 0 Å². The second-order valence-corrected chi connectivity index (χ2v) is 5.35. The summed E-state index contributed by atoms with van der Waals surface area (Å²) in [4.78, 5) is 0. The summed E-state index contributed by atoms with van der Waals surface area (Å²) >= 11 is 5.91. The Bertz CT molecular complexity index is 688. The van der Waals surface area contributed by atoms with E-state index in [4.69, 9.17) is 11.6 Å². The van der Waals surface area contributed by atoms with E-state index in [0.29, 0.717) is 0 Å². The largest absolute Gasteiger partial charge is 0.379 e. The predicted molar refractivity (Wildman–Crippen MR) is 87.1 cm³/mol. The van der Waals surface area contributed by atoms with Gasteiger partial charge in [-0.2, -0.15) is 5.10 Å². The first kappa shape index (κ1) is 13.7. The molecule has 0 aliphatic carbocycles. The van der Waals surface area contributed by atoms with Crippen molar-refractivity contribution in [3.63, 3.8) is 0 Å². The van der Waals surface area contributed by atoms with Crippen LogP contribution >= 0.6 is 11.6 Å². The molecule has 3 aromatic rings. The number of hydrogen-bond acceptors (Lipinski definition) is 2. The molecule has 21 heavy (non-hydrogen) atoms. The van der Waals surface area contributed by atoms with Crippen molar-refractivity contribution >= 4 is 17.3 Å². The molecule has 2 aromatic carbocycles. The Morgan fingerprint density at radius 2 is 1.76 bits per heavy atom. The van der Waals surface area contributed by atoms with E-state index in [-0.39, 0.29) is 6.04 Å². The molecule has 1 atom stereocenters. The van der Waals surface area contributed by atoms with E-state index in [2.05, 4.69) is 29.5 Å². The molecular weight excluding hydrogens is 282 g/mol. The number of halogens is 1. The van der Waals surface area contributed by atoms with Crippen LogP contribution in [0, 0.1) is 0 Å². The third-order valence-corrected chi connectivity index (χ3v) is 3.64. The first-order chi connectivity index (χ1) is 10.2. The summed E-state index contributed by atoms with van der Waals surface area (Å²) < 4.78 is 1.84. The second-order valence-electron chi connectivity index (χ2n) is 4.92. The second kappa shape index (κ2) is 6.02. The van der Waals surface area contributed by atoms with Gasteiger partial charge >= 0.3 is 0 Å². The highest BCUT2D eigenvalue weighted by molar-refractivity contribution is 6.30. The molecule has 3 nitrogen and oxygen atoms in total. The number of rotatable bonds is 4. The van der Waals surface area contributed by atoms with Crippen LogP contribution in [0.5, 0.6) is 0 Å². The van der Waals surface area contributed by atoms with Crippen LogP contribution in [0.3, 0.4) is 0 Å². The molecule has 0 bridgehead atoms. The third-order valence-electron chi connectivity index (χ3n) is 3.39. The fourth-order valence-electron chi connectivity index (χ4n) is 2.22. The van der Waals surface area contributed by atoms with E-state index in [1.54, 1.807) is 6.20 Å². The molecule has 1 aromatic heterocycles. The zero-order valence-corrected chi connectivity index (χ0v) is 12.5. The van der Waals surface area contributed by atoms with Gasteiger partial charge in [-0.15, -0.1) is 0 Å². The molecule has 0 spiro atoms. The van der Waals surface area contributed by atoms with Gasteiger partial charge in [0, 0.05) is 29.1 Å². The van der Waals surface area contributed by atoms with Crippen molar-refractivity contribution in [3.8, 4) is 5.69 Å². The first-order valence-corrected chi connectivity index (χ1v) is 7.22. The zero-order chi connectivity index (χ0) is 14.7. The van der Waals surface area contributed by atoms with E-state index in [1.165, 1.54) is 5.56 Å².